The van der Waals surface area contributed by atoms with Crippen molar-refractivity contribution >= 4 is 11.9 Å². The molecule has 0 rings (SSSR count). The van der Waals surface area contributed by atoms with Crippen LogP contribution in [0.5, 0.6) is 0 Å². The van der Waals surface area contributed by atoms with Crippen molar-refractivity contribution < 1.29 is 24.2 Å². The van der Waals surface area contributed by atoms with Gasteiger partial charge in [-0.2, -0.15) is 0 Å². The smallest absolute Gasteiger partial charge is 0.339 e. The topological polar surface area (TPSA) is 72.8 Å². The summed E-state index contributed by atoms with van der Waals surface area (Å²) < 4.78 is 9.66. The lowest BCUT2D eigenvalue weighted by Crippen LogP contribution is -2.24. The quantitative estimate of drug-likeness (QED) is 0.336. The Morgan fingerprint density at radius 3 is 2.19 bits per heavy atom. The van der Waals surface area contributed by atoms with E-state index in [2.05, 4.69) is 6.58 Å². The average Bonchev–Trinajstić information content (AvgIpc) is 2.26. The monoisotopic (exact) mass is 228 g/mol. The largest absolute Gasteiger partial charge is 0.515 e. The highest BCUT2D eigenvalue weighted by Gasteiger charge is 2.18. The van der Waals surface area contributed by atoms with Gasteiger partial charge < -0.3 is 14.6 Å². The molecule has 0 aromatic carbocycles. The van der Waals surface area contributed by atoms with E-state index >= 15 is 0 Å². The van der Waals surface area contributed by atoms with Gasteiger partial charge in [-0.25, -0.2) is 9.59 Å². The Morgan fingerprint density at radius 1 is 1.31 bits per heavy atom. The van der Waals surface area contributed by atoms with Crippen LogP contribution in [0.1, 0.15) is 27.2 Å². The summed E-state index contributed by atoms with van der Waals surface area (Å²) in [5.74, 6) is -1.35. The van der Waals surface area contributed by atoms with E-state index in [4.69, 9.17) is 14.6 Å². The second-order valence-corrected chi connectivity index (χ2v) is 3.24. The van der Waals surface area contributed by atoms with E-state index in [1.54, 1.807) is 6.92 Å². The first-order valence-electron chi connectivity index (χ1n) is 4.80. The Hall–Kier alpha value is -1.78. The highest BCUT2D eigenvalue weighted by molar-refractivity contribution is 5.88. The average molecular weight is 228 g/mol. The predicted octanol–water partition coefficient (Wildman–Crippen LogP) is 1.85. The maximum absolute atomic E-state index is 11.2. The van der Waals surface area contributed by atoms with Crippen LogP contribution in [-0.4, -0.2) is 23.3 Å². The van der Waals surface area contributed by atoms with Crippen molar-refractivity contribution in [1.82, 2.24) is 0 Å². The van der Waals surface area contributed by atoms with Gasteiger partial charge in [0.05, 0.1) is 11.8 Å². The molecule has 16 heavy (non-hydrogen) atoms. The fourth-order valence-electron chi connectivity index (χ4n) is 0.676. The van der Waals surface area contributed by atoms with E-state index in [0.717, 1.165) is 0 Å². The number of hydrogen-bond donors (Lipinski definition) is 1. The molecule has 0 aliphatic rings. The normalized spacial score (nSPS) is 12.8. The molecule has 90 valence electrons. The number of esters is 2. The van der Waals surface area contributed by atoms with Gasteiger partial charge in [0.25, 0.3) is 0 Å². The molecular formula is C11H16O5. The van der Waals surface area contributed by atoms with Gasteiger partial charge in [-0.15, -0.1) is 0 Å². The number of aliphatic hydroxyl groups is 1. The van der Waals surface area contributed by atoms with Crippen LogP contribution in [0.15, 0.2) is 24.0 Å². The second kappa shape index (κ2) is 6.66. The molecule has 1 unspecified atom stereocenters. The SMILES string of the molecule is C=C(C)C(=O)OC(CC)OC(=O)/C(C)=C/O. The molecule has 0 aromatic rings. The molecule has 0 fully saturated rings. The minimum atomic E-state index is -0.966. The molecule has 1 atom stereocenters. The van der Waals surface area contributed by atoms with Crippen LogP contribution in [0.25, 0.3) is 0 Å². The standard InChI is InChI=1S/C11H16O5/c1-5-9(15-10(13)7(2)3)16-11(14)8(4)6-12/h6,9,12H,2,5H2,1,3-4H3/b8-6+. The first kappa shape index (κ1) is 14.2. The van der Waals surface area contributed by atoms with Crippen LogP contribution in [0.2, 0.25) is 0 Å². The number of hydrogen-bond acceptors (Lipinski definition) is 5. The Bertz CT molecular complexity index is 316. The lowest BCUT2D eigenvalue weighted by molar-refractivity contribution is -0.182. The molecule has 0 radical (unpaired) electrons. The molecule has 0 aliphatic carbocycles. The molecule has 0 bridgehead atoms. The van der Waals surface area contributed by atoms with Gasteiger partial charge in [0, 0.05) is 12.0 Å². The lowest BCUT2D eigenvalue weighted by atomic mass is 10.3. The molecule has 5 nitrogen and oxygen atoms in total. The van der Waals surface area contributed by atoms with Crippen molar-refractivity contribution in [2.45, 2.75) is 33.5 Å². The zero-order chi connectivity index (χ0) is 12.7. The van der Waals surface area contributed by atoms with Crippen LogP contribution in [-0.2, 0) is 19.1 Å². The van der Waals surface area contributed by atoms with Gasteiger partial charge in [0.15, 0.2) is 0 Å². The van der Waals surface area contributed by atoms with Crippen molar-refractivity contribution in [1.29, 1.82) is 0 Å². The summed E-state index contributed by atoms with van der Waals surface area (Å²) in [6.45, 7) is 7.98. The van der Waals surface area contributed by atoms with Crippen molar-refractivity contribution in [3.8, 4) is 0 Å². The number of aliphatic hydroxyl groups excluding tert-OH is 1. The maximum atomic E-state index is 11.2. The molecule has 1 N–H and O–H groups in total. The van der Waals surface area contributed by atoms with Crippen LogP contribution in [0.3, 0.4) is 0 Å². The second-order valence-electron chi connectivity index (χ2n) is 3.24. The molecule has 0 spiro atoms. The molecule has 0 amide bonds. The van der Waals surface area contributed by atoms with E-state index in [1.807, 2.05) is 0 Å². The van der Waals surface area contributed by atoms with Crippen LogP contribution >= 0.6 is 0 Å². The van der Waals surface area contributed by atoms with E-state index in [1.165, 1.54) is 13.8 Å². The summed E-state index contributed by atoms with van der Waals surface area (Å²) >= 11 is 0. The summed E-state index contributed by atoms with van der Waals surface area (Å²) in [7, 11) is 0. The highest BCUT2D eigenvalue weighted by atomic mass is 16.7. The van der Waals surface area contributed by atoms with Gasteiger partial charge in [-0.3, -0.25) is 0 Å². The maximum Gasteiger partial charge on any atom is 0.339 e. The van der Waals surface area contributed by atoms with Crippen LogP contribution < -0.4 is 0 Å². The number of carbonyl (C=O) groups is 2. The zero-order valence-electron chi connectivity index (χ0n) is 9.65. The van der Waals surface area contributed by atoms with Gasteiger partial charge in [-0.05, 0) is 13.8 Å². The third-order valence-corrected chi connectivity index (χ3v) is 1.67. The first-order valence-corrected chi connectivity index (χ1v) is 4.80. The summed E-state index contributed by atoms with van der Waals surface area (Å²) in [6, 6.07) is 0. The Labute approximate surface area is 94.4 Å². The Balaban J connectivity index is 4.37. The molecule has 0 aromatic heterocycles. The minimum absolute atomic E-state index is 0.0322. The number of rotatable bonds is 5. The summed E-state index contributed by atoms with van der Waals surface area (Å²) in [4.78, 5) is 22.4. The number of ether oxygens (including phenoxy) is 2. The van der Waals surface area contributed by atoms with Gasteiger partial charge >= 0.3 is 11.9 Å². The Morgan fingerprint density at radius 2 is 1.81 bits per heavy atom. The highest BCUT2D eigenvalue weighted by Crippen LogP contribution is 2.07. The van der Waals surface area contributed by atoms with Crippen molar-refractivity contribution in [3.63, 3.8) is 0 Å². The Kier molecular flexibility index (Phi) is 5.92. The number of carbonyl (C=O) groups excluding carboxylic acids is 2. The third-order valence-electron chi connectivity index (χ3n) is 1.67. The summed E-state index contributed by atoms with van der Waals surface area (Å²) in [5.41, 5.74) is 0.258. The molecule has 0 aliphatic heterocycles. The lowest BCUT2D eigenvalue weighted by Gasteiger charge is -2.16. The fourth-order valence-corrected chi connectivity index (χ4v) is 0.676. The van der Waals surface area contributed by atoms with Gasteiger partial charge in [0.1, 0.15) is 0 Å². The zero-order valence-corrected chi connectivity index (χ0v) is 9.65. The van der Waals surface area contributed by atoms with E-state index in [9.17, 15) is 9.59 Å². The van der Waals surface area contributed by atoms with E-state index < -0.39 is 18.2 Å². The van der Waals surface area contributed by atoms with Crippen molar-refractivity contribution in [2.75, 3.05) is 0 Å². The predicted molar refractivity (Wildman–Crippen MR) is 57.5 cm³/mol. The fraction of sp³-hybridized carbons (Fsp3) is 0.455. The third kappa shape index (κ3) is 4.63. The van der Waals surface area contributed by atoms with Crippen molar-refractivity contribution in [2.24, 2.45) is 0 Å². The summed E-state index contributed by atoms with van der Waals surface area (Å²) in [5, 5.41) is 8.58. The first-order chi connectivity index (χ1) is 7.42. The van der Waals surface area contributed by atoms with E-state index in [-0.39, 0.29) is 11.1 Å². The molecular weight excluding hydrogens is 212 g/mol. The van der Waals surface area contributed by atoms with Crippen LogP contribution in [0, 0.1) is 0 Å². The molecule has 0 saturated carbocycles. The van der Waals surface area contributed by atoms with Gasteiger partial charge in [-0.1, -0.05) is 13.5 Å². The molecule has 0 heterocycles. The van der Waals surface area contributed by atoms with Crippen LogP contribution in [0.4, 0.5) is 0 Å². The van der Waals surface area contributed by atoms with Gasteiger partial charge in [0.2, 0.25) is 6.29 Å². The summed E-state index contributed by atoms with van der Waals surface area (Å²) in [6.07, 6.45) is -0.00868. The molecule has 5 heteroatoms. The van der Waals surface area contributed by atoms with E-state index in [0.29, 0.717) is 12.7 Å². The van der Waals surface area contributed by atoms with Crippen molar-refractivity contribution in [3.05, 3.63) is 24.0 Å². The molecule has 0 saturated heterocycles. The minimum Gasteiger partial charge on any atom is -0.515 e.